The second-order valence-electron chi connectivity index (χ2n) is 6.83. The summed E-state index contributed by atoms with van der Waals surface area (Å²) in [4.78, 5) is 28.6. The molecule has 0 bridgehead atoms. The van der Waals surface area contributed by atoms with E-state index >= 15 is 0 Å². The van der Waals surface area contributed by atoms with Gasteiger partial charge >= 0.3 is 0 Å². The quantitative estimate of drug-likeness (QED) is 0.804. The van der Waals surface area contributed by atoms with Crippen molar-refractivity contribution in [1.82, 2.24) is 15.1 Å². The second kappa shape index (κ2) is 8.17. The number of benzene rings is 1. The van der Waals surface area contributed by atoms with Crippen LogP contribution in [0.15, 0.2) is 24.3 Å². The van der Waals surface area contributed by atoms with Gasteiger partial charge < -0.3 is 10.6 Å². The largest absolute Gasteiger partial charge is 0.352 e. The lowest BCUT2D eigenvalue weighted by Crippen LogP contribution is -2.54. The summed E-state index contributed by atoms with van der Waals surface area (Å²) in [6.07, 6.45) is 2.22. The molecule has 2 amide bonds. The van der Waals surface area contributed by atoms with Crippen molar-refractivity contribution in [3.63, 3.8) is 0 Å². The van der Waals surface area contributed by atoms with Crippen LogP contribution in [-0.2, 0) is 9.59 Å². The van der Waals surface area contributed by atoms with Crippen molar-refractivity contribution in [2.75, 3.05) is 38.0 Å². The molecule has 25 heavy (non-hydrogen) atoms. The maximum absolute atomic E-state index is 12.4. The summed E-state index contributed by atoms with van der Waals surface area (Å²) in [5, 5.41) is 6.53. The Hall–Kier alpha value is -1.63. The minimum atomic E-state index is -0.221. The van der Waals surface area contributed by atoms with Crippen molar-refractivity contribution in [1.29, 1.82) is 0 Å². The number of piperazine rings is 1. The van der Waals surface area contributed by atoms with Crippen molar-refractivity contribution in [3.05, 3.63) is 29.3 Å². The van der Waals surface area contributed by atoms with Crippen LogP contribution in [0.25, 0.3) is 0 Å². The zero-order valence-corrected chi connectivity index (χ0v) is 15.3. The highest BCUT2D eigenvalue weighted by atomic mass is 35.5. The summed E-state index contributed by atoms with van der Waals surface area (Å²) in [7, 11) is 0. The lowest BCUT2D eigenvalue weighted by atomic mass is 10.2. The SMILES string of the molecule is CC(C(=O)Nc1cccc(Cl)c1)N1CCN(CC(=O)NC2CC2)CC1. The van der Waals surface area contributed by atoms with Crippen LogP contribution in [0, 0.1) is 0 Å². The molecule has 1 aromatic rings. The topological polar surface area (TPSA) is 64.7 Å². The lowest BCUT2D eigenvalue weighted by molar-refractivity contribution is -0.124. The van der Waals surface area contributed by atoms with Crippen molar-refractivity contribution < 1.29 is 9.59 Å². The first-order valence-corrected chi connectivity index (χ1v) is 9.21. The minimum Gasteiger partial charge on any atom is -0.352 e. The average Bonchev–Trinajstić information content (AvgIpc) is 3.38. The molecule has 1 aliphatic carbocycles. The molecule has 2 N–H and O–H groups in total. The molecule has 1 unspecified atom stereocenters. The predicted octanol–water partition coefficient (Wildman–Crippen LogP) is 1.56. The lowest BCUT2D eigenvalue weighted by Gasteiger charge is -2.37. The van der Waals surface area contributed by atoms with E-state index in [4.69, 9.17) is 11.6 Å². The maximum atomic E-state index is 12.4. The first-order valence-electron chi connectivity index (χ1n) is 8.83. The van der Waals surface area contributed by atoms with Gasteiger partial charge in [0, 0.05) is 42.9 Å². The fourth-order valence-electron chi connectivity index (χ4n) is 2.99. The van der Waals surface area contributed by atoms with Crippen molar-refractivity contribution in [3.8, 4) is 0 Å². The molecule has 1 heterocycles. The number of anilines is 1. The molecule has 0 radical (unpaired) electrons. The number of rotatable bonds is 6. The summed E-state index contributed by atoms with van der Waals surface area (Å²) in [5.74, 6) is 0.0740. The van der Waals surface area contributed by atoms with E-state index in [2.05, 4.69) is 20.4 Å². The zero-order valence-electron chi connectivity index (χ0n) is 14.5. The third-order valence-electron chi connectivity index (χ3n) is 4.74. The summed E-state index contributed by atoms with van der Waals surface area (Å²) in [6.45, 7) is 5.52. The highest BCUT2D eigenvalue weighted by Gasteiger charge is 2.28. The second-order valence-corrected chi connectivity index (χ2v) is 7.27. The van der Waals surface area contributed by atoms with Crippen LogP contribution in [-0.4, -0.2) is 66.4 Å². The first kappa shape index (κ1) is 18.2. The number of halogens is 1. The molecule has 136 valence electrons. The van der Waals surface area contributed by atoms with Gasteiger partial charge in [-0.3, -0.25) is 19.4 Å². The monoisotopic (exact) mass is 364 g/mol. The molecule has 2 aliphatic rings. The average molecular weight is 365 g/mol. The Morgan fingerprint density at radius 3 is 2.60 bits per heavy atom. The van der Waals surface area contributed by atoms with Gasteiger partial charge in [-0.1, -0.05) is 17.7 Å². The van der Waals surface area contributed by atoms with Gasteiger partial charge in [0.2, 0.25) is 11.8 Å². The highest BCUT2D eigenvalue weighted by Crippen LogP contribution is 2.18. The van der Waals surface area contributed by atoms with Gasteiger partial charge in [0.1, 0.15) is 0 Å². The van der Waals surface area contributed by atoms with Crippen molar-refractivity contribution in [2.45, 2.75) is 31.8 Å². The van der Waals surface area contributed by atoms with Gasteiger partial charge in [-0.25, -0.2) is 0 Å². The third kappa shape index (κ3) is 5.42. The Labute approximate surface area is 153 Å². The molecule has 0 spiro atoms. The zero-order chi connectivity index (χ0) is 17.8. The molecule has 2 fully saturated rings. The molecule has 7 heteroatoms. The number of hydrogen-bond acceptors (Lipinski definition) is 4. The summed E-state index contributed by atoms with van der Waals surface area (Å²) >= 11 is 5.95. The van der Waals surface area contributed by atoms with Crippen molar-refractivity contribution in [2.24, 2.45) is 0 Å². The van der Waals surface area contributed by atoms with Crippen LogP contribution in [0.2, 0.25) is 5.02 Å². The number of nitrogens with one attached hydrogen (secondary N) is 2. The van der Waals surface area contributed by atoms with Crippen LogP contribution in [0.1, 0.15) is 19.8 Å². The smallest absolute Gasteiger partial charge is 0.241 e. The van der Waals surface area contributed by atoms with Gasteiger partial charge in [0.15, 0.2) is 0 Å². The Kier molecular flexibility index (Phi) is 5.93. The van der Waals surface area contributed by atoms with E-state index < -0.39 is 0 Å². The van der Waals surface area contributed by atoms with Crippen LogP contribution >= 0.6 is 11.6 Å². The first-order chi connectivity index (χ1) is 12.0. The molecule has 0 aromatic heterocycles. The van der Waals surface area contributed by atoms with Crippen LogP contribution in [0.4, 0.5) is 5.69 Å². The normalized spacial score (nSPS) is 20.1. The van der Waals surface area contributed by atoms with E-state index in [0.29, 0.717) is 23.3 Å². The summed E-state index contributed by atoms with van der Waals surface area (Å²) in [6, 6.07) is 7.34. The molecule has 1 atom stereocenters. The molecule has 3 rings (SSSR count). The molecule has 1 aromatic carbocycles. The Balaban J connectivity index is 1.43. The fourth-order valence-corrected chi connectivity index (χ4v) is 3.18. The molecule has 6 nitrogen and oxygen atoms in total. The molecule has 1 saturated heterocycles. The number of carbonyl (C=O) groups excluding carboxylic acids is 2. The summed E-state index contributed by atoms with van der Waals surface area (Å²) < 4.78 is 0. The molecular formula is C18H25ClN4O2. The van der Waals surface area contributed by atoms with E-state index in [-0.39, 0.29) is 17.9 Å². The van der Waals surface area contributed by atoms with Gasteiger partial charge in [-0.05, 0) is 38.0 Å². The van der Waals surface area contributed by atoms with Gasteiger partial charge in [0.05, 0.1) is 12.6 Å². The van der Waals surface area contributed by atoms with Gasteiger partial charge in [0.25, 0.3) is 0 Å². The van der Waals surface area contributed by atoms with E-state index in [0.717, 1.165) is 39.0 Å². The number of nitrogens with zero attached hydrogens (tertiary/aromatic N) is 2. The standard InChI is InChI=1S/C18H25ClN4O2/c1-13(18(25)21-16-4-2-3-14(19)11-16)23-9-7-22(8-10-23)12-17(24)20-15-5-6-15/h2-4,11,13,15H,5-10,12H2,1H3,(H,20,24)(H,21,25). The fraction of sp³-hybridized carbons (Fsp3) is 0.556. The Morgan fingerprint density at radius 1 is 1.24 bits per heavy atom. The summed E-state index contributed by atoms with van der Waals surface area (Å²) in [5.41, 5.74) is 0.708. The third-order valence-corrected chi connectivity index (χ3v) is 4.97. The van der Waals surface area contributed by atoms with E-state index in [1.807, 2.05) is 19.1 Å². The van der Waals surface area contributed by atoms with Crippen LogP contribution < -0.4 is 10.6 Å². The van der Waals surface area contributed by atoms with E-state index in [9.17, 15) is 9.59 Å². The Bertz CT molecular complexity index is 627. The number of amides is 2. The Morgan fingerprint density at radius 2 is 1.96 bits per heavy atom. The van der Waals surface area contributed by atoms with E-state index in [1.165, 1.54) is 0 Å². The van der Waals surface area contributed by atoms with Crippen LogP contribution in [0.3, 0.4) is 0 Å². The number of carbonyl (C=O) groups is 2. The highest BCUT2D eigenvalue weighted by molar-refractivity contribution is 6.30. The predicted molar refractivity (Wildman–Crippen MR) is 98.7 cm³/mol. The molecular weight excluding hydrogens is 340 g/mol. The minimum absolute atomic E-state index is 0.0396. The van der Waals surface area contributed by atoms with Gasteiger partial charge in [-0.15, -0.1) is 0 Å². The molecule has 1 saturated carbocycles. The molecule has 1 aliphatic heterocycles. The number of hydrogen-bond donors (Lipinski definition) is 2. The van der Waals surface area contributed by atoms with E-state index in [1.54, 1.807) is 12.1 Å². The maximum Gasteiger partial charge on any atom is 0.241 e. The van der Waals surface area contributed by atoms with Crippen molar-refractivity contribution >= 4 is 29.1 Å². The van der Waals surface area contributed by atoms with Crippen LogP contribution in [0.5, 0.6) is 0 Å². The van der Waals surface area contributed by atoms with Gasteiger partial charge in [-0.2, -0.15) is 0 Å².